The van der Waals surface area contributed by atoms with E-state index in [1.807, 2.05) is 55.7 Å². The minimum Gasteiger partial charge on any atom is -0.315 e. The van der Waals surface area contributed by atoms with E-state index in [-0.39, 0.29) is 5.82 Å². The Bertz CT molecular complexity index is 1010. The van der Waals surface area contributed by atoms with Crippen LogP contribution in [0.4, 0.5) is 14.9 Å². The summed E-state index contributed by atoms with van der Waals surface area (Å²) in [6, 6.07) is 15.6. The van der Waals surface area contributed by atoms with Crippen molar-refractivity contribution in [1.82, 2.24) is 9.99 Å². The monoisotopic (exact) mass is 364 g/mol. The molecule has 1 heterocycles. The largest absolute Gasteiger partial charge is 0.339 e. The van der Waals surface area contributed by atoms with Gasteiger partial charge in [0, 0.05) is 22.6 Å². The molecule has 0 aliphatic rings. The molecule has 27 heavy (non-hydrogen) atoms. The van der Waals surface area contributed by atoms with Gasteiger partial charge in [-0.25, -0.2) is 14.6 Å². The highest BCUT2D eigenvalue weighted by Gasteiger charge is 2.12. The Kier molecular flexibility index (Phi) is 5.35. The third kappa shape index (κ3) is 4.06. The summed E-state index contributed by atoms with van der Waals surface area (Å²) in [6.07, 6.45) is 1.55. The summed E-state index contributed by atoms with van der Waals surface area (Å²) in [4.78, 5) is 12.0. The zero-order valence-corrected chi connectivity index (χ0v) is 15.5. The molecule has 5 nitrogen and oxygen atoms in total. The van der Waals surface area contributed by atoms with Crippen LogP contribution >= 0.6 is 0 Å². The molecule has 0 radical (unpaired) electrons. The van der Waals surface area contributed by atoms with Gasteiger partial charge < -0.3 is 9.88 Å². The van der Waals surface area contributed by atoms with Gasteiger partial charge in [-0.1, -0.05) is 30.3 Å². The van der Waals surface area contributed by atoms with E-state index in [0.717, 1.165) is 28.2 Å². The molecule has 0 aliphatic heterocycles. The highest BCUT2D eigenvalue weighted by molar-refractivity contribution is 5.91. The number of aromatic nitrogens is 1. The predicted molar refractivity (Wildman–Crippen MR) is 106 cm³/mol. The van der Waals surface area contributed by atoms with Crippen LogP contribution in [0.15, 0.2) is 59.7 Å². The van der Waals surface area contributed by atoms with Gasteiger partial charge in [-0.3, -0.25) is 0 Å². The fraction of sp³-hybridized carbons (Fsp3) is 0.143. The number of rotatable bonds is 4. The molecule has 0 atom stereocenters. The molecule has 2 N–H and O–H groups in total. The first kappa shape index (κ1) is 18.4. The van der Waals surface area contributed by atoms with Gasteiger partial charge in [-0.05, 0) is 50.6 Å². The van der Waals surface area contributed by atoms with Crippen LogP contribution < -0.4 is 10.7 Å². The number of hydrogen-bond acceptors (Lipinski definition) is 2. The second kappa shape index (κ2) is 7.86. The normalized spacial score (nSPS) is 11.0. The molecule has 3 aromatic rings. The maximum Gasteiger partial charge on any atom is 0.339 e. The molecule has 0 saturated carbocycles. The average Bonchev–Trinajstić information content (AvgIpc) is 2.91. The van der Waals surface area contributed by atoms with E-state index >= 15 is 0 Å². The standard InChI is InChI=1S/C21H21FN4O/c1-14-8-4-6-10-19(14)24-21(27)25-23-13-17-12-15(2)26(16(17)3)20-11-7-5-9-18(20)22/h4-13H,1-3H3,(H2,24,25,27). The van der Waals surface area contributed by atoms with Crippen LogP contribution in [0.2, 0.25) is 0 Å². The van der Waals surface area contributed by atoms with Gasteiger partial charge >= 0.3 is 6.03 Å². The number of hydrazone groups is 1. The molecular weight excluding hydrogens is 343 g/mol. The lowest BCUT2D eigenvalue weighted by Gasteiger charge is -2.10. The van der Waals surface area contributed by atoms with E-state index in [1.165, 1.54) is 6.07 Å². The first-order valence-corrected chi connectivity index (χ1v) is 8.57. The number of para-hydroxylation sites is 2. The lowest BCUT2D eigenvalue weighted by atomic mass is 10.2. The third-order valence-corrected chi connectivity index (χ3v) is 4.33. The first-order valence-electron chi connectivity index (χ1n) is 8.57. The van der Waals surface area contributed by atoms with E-state index < -0.39 is 6.03 Å². The van der Waals surface area contributed by atoms with E-state index in [0.29, 0.717) is 5.69 Å². The van der Waals surface area contributed by atoms with Crippen molar-refractivity contribution < 1.29 is 9.18 Å². The topological polar surface area (TPSA) is 58.4 Å². The summed E-state index contributed by atoms with van der Waals surface area (Å²) in [5.41, 5.74) is 7.13. The zero-order chi connectivity index (χ0) is 19.4. The number of carbonyl (C=O) groups is 1. The molecule has 138 valence electrons. The summed E-state index contributed by atoms with van der Waals surface area (Å²) < 4.78 is 15.9. The Morgan fingerprint density at radius 1 is 1.07 bits per heavy atom. The quantitative estimate of drug-likeness (QED) is 0.512. The van der Waals surface area contributed by atoms with Crippen LogP contribution in [0.1, 0.15) is 22.5 Å². The van der Waals surface area contributed by atoms with Crippen LogP contribution in [-0.4, -0.2) is 16.8 Å². The van der Waals surface area contributed by atoms with Gasteiger partial charge in [0.2, 0.25) is 0 Å². The Morgan fingerprint density at radius 2 is 1.78 bits per heavy atom. The molecule has 6 heteroatoms. The SMILES string of the molecule is Cc1ccccc1NC(=O)NN=Cc1cc(C)n(-c2ccccc2F)c1C. The van der Waals surface area contributed by atoms with E-state index in [4.69, 9.17) is 0 Å². The summed E-state index contributed by atoms with van der Waals surface area (Å²) in [7, 11) is 0. The maximum absolute atomic E-state index is 14.1. The van der Waals surface area contributed by atoms with E-state index in [1.54, 1.807) is 24.4 Å². The van der Waals surface area contributed by atoms with Crippen LogP contribution in [-0.2, 0) is 0 Å². The molecule has 0 spiro atoms. The number of urea groups is 1. The number of anilines is 1. The Morgan fingerprint density at radius 3 is 2.52 bits per heavy atom. The van der Waals surface area contributed by atoms with Crippen molar-refractivity contribution in [3.8, 4) is 5.69 Å². The van der Waals surface area contributed by atoms with Crippen molar-refractivity contribution in [2.75, 3.05) is 5.32 Å². The van der Waals surface area contributed by atoms with Gasteiger partial charge in [-0.15, -0.1) is 0 Å². The smallest absolute Gasteiger partial charge is 0.315 e. The molecule has 1 aromatic heterocycles. The molecule has 0 fully saturated rings. The summed E-state index contributed by atoms with van der Waals surface area (Å²) in [5.74, 6) is -0.293. The second-order valence-corrected chi connectivity index (χ2v) is 6.25. The average molecular weight is 364 g/mol. The lowest BCUT2D eigenvalue weighted by Crippen LogP contribution is -2.24. The van der Waals surface area contributed by atoms with Crippen molar-refractivity contribution >= 4 is 17.9 Å². The Hall–Kier alpha value is -3.41. The van der Waals surface area contributed by atoms with Gasteiger partial charge in [-0.2, -0.15) is 5.10 Å². The molecule has 2 amide bonds. The number of aryl methyl sites for hydroxylation is 2. The Labute approximate surface area is 157 Å². The fourth-order valence-electron chi connectivity index (χ4n) is 2.95. The van der Waals surface area contributed by atoms with Gasteiger partial charge in [0.15, 0.2) is 0 Å². The number of benzene rings is 2. The zero-order valence-electron chi connectivity index (χ0n) is 15.5. The molecule has 0 bridgehead atoms. The van der Waals surface area contributed by atoms with Gasteiger partial charge in [0.05, 0.1) is 11.9 Å². The van der Waals surface area contributed by atoms with Crippen LogP contribution in [0.3, 0.4) is 0 Å². The molecule has 3 rings (SSSR count). The van der Waals surface area contributed by atoms with E-state index in [9.17, 15) is 9.18 Å². The lowest BCUT2D eigenvalue weighted by molar-refractivity contribution is 0.252. The fourth-order valence-corrected chi connectivity index (χ4v) is 2.95. The van der Waals surface area contributed by atoms with Crippen LogP contribution in [0, 0.1) is 26.6 Å². The molecule has 0 saturated heterocycles. The highest BCUT2D eigenvalue weighted by Crippen LogP contribution is 2.21. The highest BCUT2D eigenvalue weighted by atomic mass is 19.1. The van der Waals surface area contributed by atoms with Crippen molar-refractivity contribution in [3.63, 3.8) is 0 Å². The van der Waals surface area contributed by atoms with Crippen molar-refractivity contribution in [3.05, 3.63) is 82.9 Å². The summed E-state index contributed by atoms with van der Waals surface area (Å²) in [5, 5.41) is 6.75. The molecule has 0 unspecified atom stereocenters. The van der Waals surface area contributed by atoms with Gasteiger partial charge in [0.1, 0.15) is 5.82 Å². The molecule has 2 aromatic carbocycles. The number of carbonyl (C=O) groups excluding carboxylic acids is 1. The van der Waals surface area contributed by atoms with Gasteiger partial charge in [0.25, 0.3) is 0 Å². The van der Waals surface area contributed by atoms with Crippen molar-refractivity contribution in [1.29, 1.82) is 0 Å². The number of halogens is 1. The van der Waals surface area contributed by atoms with Crippen molar-refractivity contribution in [2.45, 2.75) is 20.8 Å². The predicted octanol–water partition coefficient (Wildman–Crippen LogP) is 4.70. The maximum atomic E-state index is 14.1. The minimum atomic E-state index is -0.427. The van der Waals surface area contributed by atoms with Crippen LogP contribution in [0.25, 0.3) is 5.69 Å². The summed E-state index contributed by atoms with van der Waals surface area (Å²) >= 11 is 0. The van der Waals surface area contributed by atoms with Crippen LogP contribution in [0.5, 0.6) is 0 Å². The molecule has 0 aliphatic carbocycles. The van der Waals surface area contributed by atoms with Crippen molar-refractivity contribution in [2.24, 2.45) is 5.10 Å². The molecular formula is C21H21FN4O. The number of amides is 2. The first-order chi connectivity index (χ1) is 13.0. The summed E-state index contributed by atoms with van der Waals surface area (Å²) in [6.45, 7) is 5.69. The Balaban J connectivity index is 1.73. The third-order valence-electron chi connectivity index (χ3n) is 4.33. The minimum absolute atomic E-state index is 0.293. The second-order valence-electron chi connectivity index (χ2n) is 6.25. The number of nitrogens with zero attached hydrogens (tertiary/aromatic N) is 2. The number of nitrogens with one attached hydrogen (secondary N) is 2. The van der Waals surface area contributed by atoms with E-state index in [2.05, 4.69) is 15.8 Å². The number of hydrogen-bond donors (Lipinski definition) is 2.